The van der Waals surface area contributed by atoms with Gasteiger partial charge >= 0.3 is 6.03 Å². The first-order valence-corrected chi connectivity index (χ1v) is 15.4. The second kappa shape index (κ2) is 13.3. The van der Waals surface area contributed by atoms with Gasteiger partial charge in [0.25, 0.3) is 5.91 Å². The van der Waals surface area contributed by atoms with E-state index in [-0.39, 0.29) is 24.0 Å². The third-order valence-electron chi connectivity index (χ3n) is 8.36. The normalized spacial score (nSPS) is 21.7. The number of rotatable bonds is 6. The number of nitrogens with zero attached hydrogens (tertiary/aromatic N) is 6. The predicted octanol–water partition coefficient (Wildman–Crippen LogP) is 1.67. The smallest absolute Gasteiger partial charge is 0.323 e. The molecule has 4 aliphatic rings. The zero-order valence-electron chi connectivity index (χ0n) is 25.0. The summed E-state index contributed by atoms with van der Waals surface area (Å²) in [6, 6.07) is 14.0. The zero-order valence-corrected chi connectivity index (χ0v) is 25.0. The number of aromatic nitrogens is 3. The van der Waals surface area contributed by atoms with Gasteiger partial charge in [0.2, 0.25) is 11.9 Å². The fourth-order valence-corrected chi connectivity index (χ4v) is 5.97. The van der Waals surface area contributed by atoms with Crippen molar-refractivity contribution in [1.82, 2.24) is 25.2 Å². The summed E-state index contributed by atoms with van der Waals surface area (Å²) >= 11 is 0. The Balaban J connectivity index is 1.04. The van der Waals surface area contributed by atoms with Crippen LogP contribution in [0.25, 0.3) is 11.4 Å². The Hall–Kier alpha value is -4.37. The lowest BCUT2D eigenvalue weighted by Gasteiger charge is -2.45. The molecule has 3 amide bonds. The van der Waals surface area contributed by atoms with E-state index in [9.17, 15) is 9.59 Å². The van der Waals surface area contributed by atoms with Crippen molar-refractivity contribution < 1.29 is 23.8 Å². The van der Waals surface area contributed by atoms with Gasteiger partial charge in [-0.15, -0.1) is 0 Å². The maximum atomic E-state index is 12.8. The Morgan fingerprint density at radius 3 is 1.91 bits per heavy atom. The number of urea groups is 1. The summed E-state index contributed by atoms with van der Waals surface area (Å²) in [5.74, 6) is 1.78. The number of hydrogen-bond acceptors (Lipinski definition) is 11. The second-order valence-corrected chi connectivity index (χ2v) is 11.4. The highest BCUT2D eigenvalue weighted by Gasteiger charge is 2.38. The minimum absolute atomic E-state index is 0.00299. The molecule has 0 unspecified atom stereocenters. The number of morpholine rings is 3. The van der Waals surface area contributed by atoms with Crippen molar-refractivity contribution in [3.63, 3.8) is 0 Å². The topological polar surface area (TPSA) is 146 Å². The number of nitrogens with one attached hydrogen (secondary N) is 3. The van der Waals surface area contributed by atoms with Gasteiger partial charge in [-0.25, -0.2) is 4.79 Å². The van der Waals surface area contributed by atoms with Crippen LogP contribution < -0.4 is 25.8 Å². The number of piperazine rings is 1. The van der Waals surface area contributed by atoms with Crippen LogP contribution >= 0.6 is 0 Å². The fourth-order valence-electron chi connectivity index (χ4n) is 5.97. The molecule has 7 rings (SSSR count). The number of amides is 3. The number of anilines is 4. The van der Waals surface area contributed by atoms with Crippen LogP contribution in [0.2, 0.25) is 0 Å². The summed E-state index contributed by atoms with van der Waals surface area (Å²) in [4.78, 5) is 46.3. The Morgan fingerprint density at radius 2 is 1.29 bits per heavy atom. The van der Waals surface area contributed by atoms with E-state index in [2.05, 4.69) is 25.8 Å². The summed E-state index contributed by atoms with van der Waals surface area (Å²) in [5.41, 5.74) is 2.61. The van der Waals surface area contributed by atoms with Gasteiger partial charge < -0.3 is 44.9 Å². The monoisotopic (exact) mass is 615 g/mol. The van der Waals surface area contributed by atoms with Crippen molar-refractivity contribution in [3.05, 3.63) is 54.1 Å². The quantitative estimate of drug-likeness (QED) is 0.372. The van der Waals surface area contributed by atoms with E-state index in [0.29, 0.717) is 100 Å². The highest BCUT2D eigenvalue weighted by Crippen LogP contribution is 2.29. The van der Waals surface area contributed by atoms with Crippen LogP contribution in [0.5, 0.6) is 0 Å². The van der Waals surface area contributed by atoms with Crippen molar-refractivity contribution in [2.75, 3.05) is 99.3 Å². The van der Waals surface area contributed by atoms with E-state index in [4.69, 9.17) is 29.2 Å². The van der Waals surface area contributed by atoms with E-state index >= 15 is 0 Å². The molecule has 2 aromatic carbocycles. The van der Waals surface area contributed by atoms with Gasteiger partial charge in [0.05, 0.1) is 51.7 Å². The van der Waals surface area contributed by atoms with Crippen LogP contribution in [-0.4, -0.2) is 123 Å². The number of hydrogen-bond donors (Lipinski definition) is 3. The molecule has 1 aromatic heterocycles. The van der Waals surface area contributed by atoms with Crippen LogP contribution in [0.4, 0.5) is 28.1 Å². The molecular formula is C31H37N9O5. The molecule has 0 atom stereocenters. The molecular weight excluding hydrogens is 578 g/mol. The van der Waals surface area contributed by atoms with E-state index < -0.39 is 0 Å². The van der Waals surface area contributed by atoms with Crippen molar-refractivity contribution in [1.29, 1.82) is 0 Å². The molecule has 5 heterocycles. The standard InChI is InChI=1S/C31H37N9O5/c41-28(38-11-9-32-10-12-38)22-3-7-24(8-4-22)34-31(42)33-23-5-1-21(2-6-23)27-35-29(39-13-15-43-16-14-39)37-30(36-27)40-25-17-44-19-26(40)20-45-18-25/h1-8,25-26,32H,9-20H2,(H2,33,34,42). The lowest BCUT2D eigenvalue weighted by atomic mass is 10.1. The summed E-state index contributed by atoms with van der Waals surface area (Å²) < 4.78 is 17.1. The molecule has 0 aliphatic carbocycles. The third-order valence-corrected chi connectivity index (χ3v) is 8.36. The van der Waals surface area contributed by atoms with Gasteiger partial charge in [-0.1, -0.05) is 0 Å². The van der Waals surface area contributed by atoms with E-state index in [1.165, 1.54) is 0 Å². The SMILES string of the molecule is O=C(Nc1ccc(C(=O)N2CCNCC2)cc1)Nc1ccc(-c2nc(N3CCOCC3)nc(N3C4COCC3COC4)n2)cc1. The first-order chi connectivity index (χ1) is 22.1. The van der Waals surface area contributed by atoms with Gasteiger partial charge in [0.1, 0.15) is 0 Å². The van der Waals surface area contributed by atoms with Crippen molar-refractivity contribution in [2.45, 2.75) is 12.1 Å². The molecule has 4 fully saturated rings. The van der Waals surface area contributed by atoms with E-state index in [0.717, 1.165) is 18.7 Å². The van der Waals surface area contributed by atoms with Crippen LogP contribution in [-0.2, 0) is 14.2 Å². The van der Waals surface area contributed by atoms with Crippen molar-refractivity contribution in [3.8, 4) is 11.4 Å². The largest absolute Gasteiger partial charge is 0.378 e. The Labute approximate surface area is 261 Å². The van der Waals surface area contributed by atoms with Gasteiger partial charge in [-0.3, -0.25) is 4.79 Å². The summed E-state index contributed by atoms with van der Waals surface area (Å²) in [5, 5.41) is 8.94. The molecule has 4 aliphatic heterocycles. The zero-order chi connectivity index (χ0) is 30.6. The Kier molecular flexibility index (Phi) is 8.69. The van der Waals surface area contributed by atoms with Gasteiger partial charge in [0, 0.05) is 61.8 Å². The molecule has 4 saturated heterocycles. The third kappa shape index (κ3) is 6.68. The van der Waals surface area contributed by atoms with Crippen molar-refractivity contribution >= 4 is 35.2 Å². The number of fused-ring (bicyclic) bond motifs is 2. The van der Waals surface area contributed by atoms with E-state index in [1.807, 2.05) is 29.2 Å². The predicted molar refractivity (Wildman–Crippen MR) is 168 cm³/mol. The van der Waals surface area contributed by atoms with Gasteiger partial charge in [-0.05, 0) is 48.5 Å². The van der Waals surface area contributed by atoms with E-state index in [1.54, 1.807) is 24.3 Å². The average molecular weight is 616 g/mol. The number of benzene rings is 2. The first-order valence-electron chi connectivity index (χ1n) is 15.4. The Morgan fingerprint density at radius 1 is 0.711 bits per heavy atom. The van der Waals surface area contributed by atoms with Crippen LogP contribution in [0.3, 0.4) is 0 Å². The molecule has 0 radical (unpaired) electrons. The van der Waals surface area contributed by atoms with Gasteiger partial charge in [-0.2, -0.15) is 15.0 Å². The lowest BCUT2D eigenvalue weighted by Crippen LogP contribution is -2.60. The lowest BCUT2D eigenvalue weighted by molar-refractivity contribution is -0.0355. The number of ether oxygens (including phenoxy) is 3. The molecule has 14 nitrogen and oxygen atoms in total. The summed E-state index contributed by atoms with van der Waals surface area (Å²) in [7, 11) is 0. The average Bonchev–Trinajstić information content (AvgIpc) is 3.09. The van der Waals surface area contributed by atoms with Crippen LogP contribution in [0.1, 0.15) is 10.4 Å². The highest BCUT2D eigenvalue weighted by molar-refractivity contribution is 6.00. The second-order valence-electron chi connectivity index (χ2n) is 11.4. The molecule has 0 spiro atoms. The Bertz CT molecular complexity index is 1470. The first kappa shape index (κ1) is 29.3. The molecule has 3 aromatic rings. The minimum Gasteiger partial charge on any atom is -0.378 e. The summed E-state index contributed by atoms with van der Waals surface area (Å²) in [6.07, 6.45) is 0. The molecule has 2 bridgehead atoms. The van der Waals surface area contributed by atoms with Gasteiger partial charge in [0.15, 0.2) is 5.82 Å². The number of carbonyl (C=O) groups excluding carboxylic acids is 2. The molecule has 14 heteroatoms. The summed E-state index contributed by atoms with van der Waals surface area (Å²) in [6.45, 7) is 7.86. The molecule has 0 saturated carbocycles. The minimum atomic E-state index is -0.387. The fraction of sp³-hybridized carbons (Fsp3) is 0.452. The van der Waals surface area contributed by atoms with Crippen LogP contribution in [0.15, 0.2) is 48.5 Å². The maximum Gasteiger partial charge on any atom is 0.323 e. The van der Waals surface area contributed by atoms with Crippen molar-refractivity contribution in [2.24, 2.45) is 0 Å². The highest BCUT2D eigenvalue weighted by atomic mass is 16.5. The molecule has 3 N–H and O–H groups in total. The molecule has 236 valence electrons. The van der Waals surface area contributed by atoms with Crippen LogP contribution in [0, 0.1) is 0 Å². The molecule has 45 heavy (non-hydrogen) atoms. The maximum absolute atomic E-state index is 12.8. The number of carbonyl (C=O) groups is 2.